The van der Waals surface area contributed by atoms with Gasteiger partial charge in [0, 0.05) is 87.3 Å². The monoisotopic (exact) mass is 1770 g/mol. The van der Waals surface area contributed by atoms with Crippen molar-refractivity contribution < 1.29 is 38.0 Å². The molecule has 4 fully saturated rings. The standard InChI is InChI=1S/C96H62N8O8S10/c1-107-63-32-53(28-47(39-97)40-98)113-79(63)69-36-67-83(117-69)87-74(94(111-67)23-11-4-12-24-94)90-92(121-87)76-88(122-90)84-68(37-70(118-84)80-64(108-2)33-54(114-80)29-48(41-99)42-100)112-96(76)25-13-14-50(38-96)49-19-26-95(27-20-49)75-86(82-66(110-95)35-56(116-82)31-62-72(52(45-103)46-104)58-16-6-8-18-60(58)78(62)106)120-89-73-85(119-91(75)89)81-65(109-93(73)21-9-3-10-22-93)34-55(115-81)30-61-71(51(43-101)44-102)57-15-5-7-17-59(57)77(61)105/h5-8,15-18,28-37,49-50H,3-4,9-14,19-27,38H2,1-2H3/b61-30-,62-31-. The van der Waals surface area contributed by atoms with Gasteiger partial charge in [-0.15, -0.1) is 113 Å². The summed E-state index contributed by atoms with van der Waals surface area (Å²) in [6, 6.07) is 43.0. The van der Waals surface area contributed by atoms with Crippen molar-refractivity contribution in [2.24, 2.45) is 11.8 Å². The minimum absolute atomic E-state index is 0.00378. The number of hydrogen-bond acceptors (Lipinski definition) is 26. The molecule has 12 aromatic rings. The van der Waals surface area contributed by atoms with Crippen molar-refractivity contribution >= 4 is 179 Å². The van der Waals surface area contributed by atoms with E-state index >= 15 is 0 Å². The van der Waals surface area contributed by atoms with E-state index in [0.29, 0.717) is 68.9 Å². The normalized spacial score (nSPS) is 21.0. The van der Waals surface area contributed by atoms with Gasteiger partial charge in [0.05, 0.1) is 91.5 Å². The van der Waals surface area contributed by atoms with Crippen LogP contribution < -0.4 is 28.4 Å². The van der Waals surface area contributed by atoms with Crippen LogP contribution in [-0.2, 0) is 22.4 Å². The number of benzene rings is 2. The Morgan fingerprint density at radius 1 is 0.369 bits per heavy atom. The molecule has 4 spiro atoms. The highest BCUT2D eigenvalue weighted by molar-refractivity contribution is 7.36. The fraction of sp³-hybridized carbons (Fsp3) is 0.271. The number of rotatable bonds is 9. The van der Waals surface area contributed by atoms with Crippen LogP contribution in [0.25, 0.3) is 113 Å². The van der Waals surface area contributed by atoms with Gasteiger partial charge in [-0.1, -0.05) is 61.4 Å². The summed E-state index contributed by atoms with van der Waals surface area (Å²) < 4.78 is 48.1. The van der Waals surface area contributed by atoms with E-state index in [1.807, 2.05) is 112 Å². The third-order valence-corrected chi connectivity index (χ3v) is 38.7. The van der Waals surface area contributed by atoms with Crippen LogP contribution in [-0.4, -0.2) is 25.8 Å². The van der Waals surface area contributed by atoms with Crippen LogP contribution in [0.2, 0.25) is 0 Å². The molecule has 2 unspecified atom stereocenters. The molecule has 4 aliphatic heterocycles. The molecular formula is C96H62N8O8S10. The predicted molar refractivity (Wildman–Crippen MR) is 484 cm³/mol. The predicted octanol–water partition coefficient (Wildman–Crippen LogP) is 27.0. The summed E-state index contributed by atoms with van der Waals surface area (Å²) in [7, 11) is 3.30. The van der Waals surface area contributed by atoms with Gasteiger partial charge in [-0.2, -0.15) is 42.1 Å². The Balaban J connectivity index is 0.671. The molecule has 0 bridgehead atoms. The van der Waals surface area contributed by atoms with Gasteiger partial charge in [0.1, 0.15) is 128 Å². The molecular weight excluding hydrogens is 1710 g/mol. The smallest absolute Gasteiger partial charge is 0.194 e. The zero-order chi connectivity index (χ0) is 83.0. The lowest BCUT2D eigenvalue weighted by Gasteiger charge is -2.48. The molecule has 6 aliphatic carbocycles. The number of ether oxygens (including phenoxy) is 6. The van der Waals surface area contributed by atoms with Crippen molar-refractivity contribution in [3.05, 3.63) is 182 Å². The Morgan fingerprint density at radius 3 is 1.11 bits per heavy atom. The molecule has 0 radical (unpaired) electrons. The lowest BCUT2D eigenvalue weighted by Crippen LogP contribution is -2.44. The van der Waals surface area contributed by atoms with Crippen molar-refractivity contribution in [2.45, 2.75) is 138 Å². The SMILES string of the molecule is COc1cc(C=C(C#N)C#N)sc1-c1cc2c(s1)-c1sc3c4c(sc3c1C1(CCCCC1)O2)-c1sc(-c2sc(C=C(C#N)C#N)cc2OC)cc1OC41CCCC(C2CCC3(CC2)Oc2cc(/C=C4\C(=O)c5ccccc5C4=C(C#N)C#N)sc2-c2sc4c5c(sc4c23)-c2sc(/C=C3\C(=O)c4ccccc4C3=C(C#N)C#N)cc2OC52CCCCC2)C1. The van der Waals surface area contributed by atoms with Crippen LogP contribution in [0.4, 0.5) is 0 Å². The van der Waals surface area contributed by atoms with E-state index < -0.39 is 22.4 Å². The molecule has 122 heavy (non-hydrogen) atoms. The summed E-state index contributed by atoms with van der Waals surface area (Å²) in [6.07, 6.45) is 23.1. The van der Waals surface area contributed by atoms with Crippen LogP contribution in [0.3, 0.4) is 0 Å². The molecule has 16 nitrogen and oxygen atoms in total. The van der Waals surface area contributed by atoms with E-state index in [4.69, 9.17) is 28.4 Å². The van der Waals surface area contributed by atoms with E-state index in [2.05, 4.69) is 42.5 Å². The fourth-order valence-electron chi connectivity index (χ4n) is 20.9. The highest BCUT2D eigenvalue weighted by atomic mass is 32.1. The summed E-state index contributed by atoms with van der Waals surface area (Å²) >= 11 is 16.9. The van der Waals surface area contributed by atoms with Gasteiger partial charge in [-0.05, 0) is 174 Å². The Hall–Kier alpha value is -11.5. The van der Waals surface area contributed by atoms with Crippen molar-refractivity contribution in [1.29, 1.82) is 42.1 Å². The average Bonchev–Trinajstić information content (AvgIpc) is 1.52. The third kappa shape index (κ3) is 11.5. The first kappa shape index (κ1) is 76.6. The number of thiophene rings is 10. The van der Waals surface area contributed by atoms with Crippen LogP contribution in [0.1, 0.15) is 189 Å². The van der Waals surface area contributed by atoms with Gasteiger partial charge in [0.2, 0.25) is 0 Å². The second-order valence-corrected chi connectivity index (χ2v) is 43.0. The van der Waals surface area contributed by atoms with E-state index in [-0.39, 0.29) is 45.7 Å². The molecule has 0 amide bonds. The first-order valence-electron chi connectivity index (χ1n) is 40.4. The Bertz CT molecular complexity index is 7230. The van der Waals surface area contributed by atoms with Crippen LogP contribution >= 0.6 is 113 Å². The number of nitrogens with zero attached hydrogens (tertiary/aromatic N) is 8. The van der Waals surface area contributed by atoms with E-state index in [1.165, 1.54) is 73.5 Å². The number of nitriles is 8. The third-order valence-electron chi connectivity index (χ3n) is 26.1. The van der Waals surface area contributed by atoms with E-state index in [9.17, 15) is 51.7 Å². The Kier molecular flexibility index (Phi) is 18.2. The number of ketones is 2. The lowest BCUT2D eigenvalue weighted by molar-refractivity contribution is -0.0367. The van der Waals surface area contributed by atoms with Crippen LogP contribution in [0.5, 0.6) is 34.5 Å². The molecule has 0 N–H and O–H groups in total. The summed E-state index contributed by atoms with van der Waals surface area (Å²) in [5, 5.41) is 80.8. The van der Waals surface area contributed by atoms with Crippen molar-refractivity contribution in [3.63, 3.8) is 0 Å². The molecule has 0 saturated heterocycles. The van der Waals surface area contributed by atoms with Crippen LogP contribution in [0, 0.1) is 102 Å². The number of Topliss-reactive ketones (excluding diaryl/α,β-unsaturated/α-hetero) is 2. The summed E-state index contributed by atoms with van der Waals surface area (Å²) in [5.74, 6) is 4.50. The van der Waals surface area contributed by atoms with E-state index in [0.717, 1.165) is 194 Å². The lowest BCUT2D eigenvalue weighted by atomic mass is 9.63. The number of hydrogen-bond donors (Lipinski definition) is 0. The topological polar surface area (TPSA) is 280 Å². The van der Waals surface area contributed by atoms with Gasteiger partial charge < -0.3 is 28.4 Å². The van der Waals surface area contributed by atoms with E-state index in [1.54, 1.807) is 108 Å². The largest absolute Gasteiger partial charge is 0.495 e. The maximum Gasteiger partial charge on any atom is 0.194 e. The van der Waals surface area contributed by atoms with Crippen molar-refractivity contribution in [1.82, 2.24) is 0 Å². The number of methoxy groups -OCH3 is 2. The zero-order valence-corrected chi connectivity index (χ0v) is 73.4. The number of allylic oxidation sites excluding steroid dienone is 8. The van der Waals surface area contributed by atoms with Gasteiger partial charge in [-0.3, -0.25) is 9.59 Å². The van der Waals surface area contributed by atoms with Crippen molar-refractivity contribution in [3.8, 4) is 142 Å². The number of carbonyl (C=O) groups is 2. The van der Waals surface area contributed by atoms with Gasteiger partial charge in [0.15, 0.2) is 11.6 Å². The average molecular weight is 1780 g/mol. The zero-order valence-electron chi connectivity index (χ0n) is 65.2. The molecule has 10 aliphatic rings. The Labute approximate surface area is 740 Å². The van der Waals surface area contributed by atoms with Gasteiger partial charge in [-0.25, -0.2) is 0 Å². The summed E-state index contributed by atoms with van der Waals surface area (Å²) in [4.78, 5) is 44.6. The number of carbonyl (C=O) groups excluding carboxylic acids is 2. The second kappa shape index (κ2) is 29.1. The molecule has 22 rings (SSSR count). The molecule has 10 aromatic heterocycles. The highest BCUT2D eigenvalue weighted by Gasteiger charge is 2.57. The highest BCUT2D eigenvalue weighted by Crippen LogP contribution is 2.71. The quantitative estimate of drug-likeness (QED) is 0.0959. The second-order valence-electron chi connectivity index (χ2n) is 32.5. The van der Waals surface area contributed by atoms with Crippen LogP contribution in [0.15, 0.2) is 118 Å². The molecule has 14 heterocycles. The van der Waals surface area contributed by atoms with Crippen molar-refractivity contribution in [2.75, 3.05) is 14.2 Å². The number of fused-ring (bicyclic) bond motifs is 24. The molecule has 594 valence electrons. The maximum absolute atomic E-state index is 14.6. The fourth-order valence-corrected chi connectivity index (χ4v) is 34.5. The maximum atomic E-state index is 14.6. The molecule has 2 atom stereocenters. The summed E-state index contributed by atoms with van der Waals surface area (Å²) in [5.41, 5.74) is 5.14. The van der Waals surface area contributed by atoms with Gasteiger partial charge >= 0.3 is 0 Å². The molecule has 2 aromatic carbocycles. The minimum atomic E-state index is -0.797. The minimum Gasteiger partial charge on any atom is -0.495 e. The molecule has 26 heteroatoms. The van der Waals surface area contributed by atoms with Gasteiger partial charge in [0.25, 0.3) is 0 Å². The summed E-state index contributed by atoms with van der Waals surface area (Å²) in [6.45, 7) is 0. The first-order chi connectivity index (χ1) is 59.6. The Morgan fingerprint density at radius 2 is 0.721 bits per heavy atom. The molecule has 4 saturated carbocycles. The first-order valence-corrected chi connectivity index (χ1v) is 48.5.